The molecule has 0 bridgehead atoms. The van der Waals surface area contributed by atoms with E-state index in [0.717, 1.165) is 17.8 Å². The number of hydrogen-bond acceptors (Lipinski definition) is 0. The zero-order chi connectivity index (χ0) is 14.2. The Morgan fingerprint density at radius 2 is 1.50 bits per heavy atom. The van der Waals surface area contributed by atoms with Gasteiger partial charge in [0.1, 0.15) is 0 Å². The molecule has 2 atom stereocenters. The summed E-state index contributed by atoms with van der Waals surface area (Å²) in [6.07, 6.45) is 9.72. The van der Waals surface area contributed by atoms with Gasteiger partial charge in [-0.1, -0.05) is 74.1 Å². The molecule has 0 aromatic carbocycles. The summed E-state index contributed by atoms with van der Waals surface area (Å²) in [6.45, 7) is 16.8. The van der Waals surface area contributed by atoms with Crippen molar-refractivity contribution in [2.45, 2.75) is 93.4 Å². The van der Waals surface area contributed by atoms with Gasteiger partial charge in [0.15, 0.2) is 0 Å². The summed E-state index contributed by atoms with van der Waals surface area (Å²) in [5, 5.41) is 0. The molecule has 0 aromatic heterocycles. The minimum atomic E-state index is 0.540. The first-order chi connectivity index (χ1) is 8.36. The van der Waals surface area contributed by atoms with E-state index >= 15 is 0 Å². The van der Waals surface area contributed by atoms with E-state index in [4.69, 9.17) is 0 Å². The van der Waals surface area contributed by atoms with E-state index in [1.54, 1.807) is 0 Å². The topological polar surface area (TPSA) is 0 Å². The van der Waals surface area contributed by atoms with Crippen LogP contribution in [0.4, 0.5) is 0 Å². The van der Waals surface area contributed by atoms with Gasteiger partial charge >= 0.3 is 0 Å². The summed E-state index contributed by atoms with van der Waals surface area (Å²) < 4.78 is 0. The first-order valence-electron chi connectivity index (χ1n) is 8.36. The largest absolute Gasteiger partial charge is 0.0654 e. The van der Waals surface area contributed by atoms with E-state index in [-0.39, 0.29) is 0 Å². The van der Waals surface area contributed by atoms with Crippen LogP contribution in [0.5, 0.6) is 0 Å². The van der Waals surface area contributed by atoms with Crippen LogP contribution in [0.3, 0.4) is 0 Å². The molecule has 0 saturated carbocycles. The van der Waals surface area contributed by atoms with Crippen LogP contribution in [0.1, 0.15) is 93.4 Å². The van der Waals surface area contributed by atoms with E-state index in [1.165, 1.54) is 44.9 Å². The Kier molecular flexibility index (Phi) is 8.99. The van der Waals surface area contributed by atoms with Gasteiger partial charge in [-0.25, -0.2) is 0 Å². The lowest BCUT2D eigenvalue weighted by molar-refractivity contribution is 0.201. The highest BCUT2D eigenvalue weighted by atomic mass is 14.3. The summed E-state index contributed by atoms with van der Waals surface area (Å²) in [6, 6.07) is 0. The molecule has 0 aliphatic heterocycles. The maximum Gasteiger partial charge on any atom is -0.0351 e. The highest BCUT2D eigenvalue weighted by Crippen LogP contribution is 2.36. The third-order valence-corrected chi connectivity index (χ3v) is 4.77. The first kappa shape index (κ1) is 18.0. The Bertz CT molecular complexity index is 190. The Morgan fingerprint density at radius 3 is 1.89 bits per heavy atom. The summed E-state index contributed by atoms with van der Waals surface area (Å²) in [5.41, 5.74) is 0.540. The van der Waals surface area contributed by atoms with Crippen molar-refractivity contribution in [2.24, 2.45) is 23.2 Å². The second kappa shape index (κ2) is 8.99. The summed E-state index contributed by atoms with van der Waals surface area (Å²) >= 11 is 0. The minimum Gasteiger partial charge on any atom is -0.0654 e. The smallest absolute Gasteiger partial charge is 0.0351 e. The van der Waals surface area contributed by atoms with Gasteiger partial charge in [0.2, 0.25) is 0 Å². The second-order valence-corrected chi connectivity index (χ2v) is 7.38. The Balaban J connectivity index is 4.19. The molecule has 0 nitrogen and oxygen atoms in total. The summed E-state index contributed by atoms with van der Waals surface area (Å²) in [5.74, 6) is 2.73. The van der Waals surface area contributed by atoms with Crippen molar-refractivity contribution in [1.82, 2.24) is 0 Å². The van der Waals surface area contributed by atoms with Crippen LogP contribution in [0.15, 0.2) is 0 Å². The van der Waals surface area contributed by atoms with Crippen LogP contribution in [0.2, 0.25) is 0 Å². The van der Waals surface area contributed by atoms with E-state index in [2.05, 4.69) is 48.5 Å². The minimum absolute atomic E-state index is 0.540. The molecule has 0 amide bonds. The zero-order valence-electron chi connectivity index (χ0n) is 14.2. The molecular weight excluding hydrogens is 216 g/mol. The third kappa shape index (κ3) is 7.44. The van der Waals surface area contributed by atoms with Crippen molar-refractivity contribution in [3.8, 4) is 0 Å². The van der Waals surface area contributed by atoms with Gasteiger partial charge in [0.05, 0.1) is 0 Å². The molecule has 0 heterocycles. The molecule has 0 N–H and O–H groups in total. The van der Waals surface area contributed by atoms with E-state index in [9.17, 15) is 0 Å². The highest BCUT2D eigenvalue weighted by molar-refractivity contribution is 4.75. The predicted molar refractivity (Wildman–Crippen MR) is 84.9 cm³/mol. The number of rotatable bonds is 10. The third-order valence-electron chi connectivity index (χ3n) is 4.77. The van der Waals surface area contributed by atoms with Crippen LogP contribution in [-0.2, 0) is 0 Å². The molecule has 110 valence electrons. The predicted octanol–water partition coefficient (Wildman–Crippen LogP) is 6.69. The first-order valence-corrected chi connectivity index (χ1v) is 8.36. The summed E-state index contributed by atoms with van der Waals surface area (Å²) in [4.78, 5) is 0. The van der Waals surface area contributed by atoms with Crippen molar-refractivity contribution in [3.63, 3.8) is 0 Å². The van der Waals surface area contributed by atoms with Crippen molar-refractivity contribution in [3.05, 3.63) is 0 Å². The van der Waals surface area contributed by atoms with Gasteiger partial charge < -0.3 is 0 Å². The average Bonchev–Trinajstić information content (AvgIpc) is 2.28. The van der Waals surface area contributed by atoms with Gasteiger partial charge in [0, 0.05) is 0 Å². The maximum absolute atomic E-state index is 2.48. The fourth-order valence-corrected chi connectivity index (χ4v) is 3.33. The van der Waals surface area contributed by atoms with Crippen molar-refractivity contribution in [1.29, 1.82) is 0 Å². The maximum atomic E-state index is 2.48. The lowest BCUT2D eigenvalue weighted by Gasteiger charge is -2.31. The Labute approximate surface area is 117 Å². The summed E-state index contributed by atoms with van der Waals surface area (Å²) in [7, 11) is 0. The number of hydrogen-bond donors (Lipinski definition) is 0. The molecule has 18 heavy (non-hydrogen) atoms. The van der Waals surface area contributed by atoms with Crippen LogP contribution in [-0.4, -0.2) is 0 Å². The molecular formula is C18H38. The second-order valence-electron chi connectivity index (χ2n) is 7.38. The fourth-order valence-electron chi connectivity index (χ4n) is 3.33. The fraction of sp³-hybridized carbons (Fsp3) is 1.00. The zero-order valence-corrected chi connectivity index (χ0v) is 14.2. The molecule has 0 heteroatoms. The molecule has 0 aliphatic rings. The van der Waals surface area contributed by atoms with Crippen LogP contribution in [0.25, 0.3) is 0 Å². The average molecular weight is 255 g/mol. The van der Waals surface area contributed by atoms with Gasteiger partial charge in [-0.2, -0.15) is 0 Å². The van der Waals surface area contributed by atoms with Gasteiger partial charge in [-0.3, -0.25) is 0 Å². The molecule has 0 aliphatic carbocycles. The molecule has 0 rings (SSSR count). The van der Waals surface area contributed by atoms with Crippen molar-refractivity contribution >= 4 is 0 Å². The molecule has 0 radical (unpaired) electrons. The molecule has 0 fully saturated rings. The lowest BCUT2D eigenvalue weighted by Crippen LogP contribution is -2.19. The molecule has 0 aromatic rings. The van der Waals surface area contributed by atoms with Crippen LogP contribution < -0.4 is 0 Å². The van der Waals surface area contributed by atoms with E-state index < -0.39 is 0 Å². The van der Waals surface area contributed by atoms with Crippen LogP contribution in [0, 0.1) is 23.2 Å². The van der Waals surface area contributed by atoms with Gasteiger partial charge in [0.25, 0.3) is 0 Å². The SMILES string of the molecule is CCCC(CC)CC(C)(C)CCC(CC)C(C)C. The highest BCUT2D eigenvalue weighted by Gasteiger charge is 2.24. The molecule has 2 unspecified atom stereocenters. The standard InChI is InChI=1S/C18H38/c1-8-11-16(9-2)14-18(6,7)13-12-17(10-3)15(4)5/h15-17H,8-14H2,1-7H3. The van der Waals surface area contributed by atoms with E-state index in [0.29, 0.717) is 5.41 Å². The van der Waals surface area contributed by atoms with Crippen molar-refractivity contribution < 1.29 is 0 Å². The lowest BCUT2D eigenvalue weighted by atomic mass is 9.74. The Morgan fingerprint density at radius 1 is 0.889 bits per heavy atom. The molecule has 0 saturated heterocycles. The van der Waals surface area contributed by atoms with Gasteiger partial charge in [-0.05, 0) is 42.4 Å². The molecule has 0 spiro atoms. The van der Waals surface area contributed by atoms with Gasteiger partial charge in [-0.15, -0.1) is 0 Å². The quantitative estimate of drug-likeness (QED) is 0.407. The van der Waals surface area contributed by atoms with E-state index in [1.807, 2.05) is 0 Å². The van der Waals surface area contributed by atoms with Crippen LogP contribution >= 0.6 is 0 Å². The monoisotopic (exact) mass is 254 g/mol. The normalized spacial score (nSPS) is 16.0. The Hall–Kier alpha value is 0. The van der Waals surface area contributed by atoms with Crippen molar-refractivity contribution in [2.75, 3.05) is 0 Å².